The third-order valence-electron chi connectivity index (χ3n) is 2.65. The molecule has 2 rings (SSSR count). The monoisotopic (exact) mass is 179 g/mol. The molecule has 70 valence electrons. The van der Waals surface area contributed by atoms with Gasteiger partial charge in [-0.1, -0.05) is 11.6 Å². The molecule has 0 aliphatic heterocycles. The van der Waals surface area contributed by atoms with Gasteiger partial charge in [0.15, 0.2) is 11.8 Å². The Bertz CT molecular complexity index is 388. The lowest BCUT2D eigenvalue weighted by molar-refractivity contribution is 0.384. The number of hydrogen-bond acceptors (Lipinski definition) is 2. The van der Waals surface area contributed by atoms with Gasteiger partial charge in [-0.15, -0.1) is 0 Å². The average Bonchev–Trinajstić information content (AvgIpc) is 2.32. The predicted molar refractivity (Wildman–Crippen MR) is 49.9 cm³/mol. The molecule has 0 fully saturated rings. The Kier molecular flexibility index (Phi) is 1.62. The van der Waals surface area contributed by atoms with E-state index in [1.807, 2.05) is 6.92 Å². The van der Waals surface area contributed by atoms with Gasteiger partial charge in [0.1, 0.15) is 0 Å². The van der Waals surface area contributed by atoms with Crippen LogP contribution in [0.5, 0.6) is 11.8 Å². The molecule has 0 unspecified atom stereocenters. The van der Waals surface area contributed by atoms with E-state index in [0.29, 0.717) is 0 Å². The van der Waals surface area contributed by atoms with Crippen molar-refractivity contribution in [2.75, 3.05) is 0 Å². The second kappa shape index (κ2) is 2.55. The zero-order chi connectivity index (χ0) is 9.59. The van der Waals surface area contributed by atoms with Crippen molar-refractivity contribution >= 4 is 0 Å². The summed E-state index contributed by atoms with van der Waals surface area (Å²) >= 11 is 0. The van der Waals surface area contributed by atoms with Crippen LogP contribution in [-0.2, 0) is 19.9 Å². The second-order valence-corrected chi connectivity index (χ2v) is 3.59. The largest absolute Gasteiger partial charge is 0.494 e. The SMILES string of the molecule is CC1=CCc2c(c(O)n(C)c2O)C1. The van der Waals surface area contributed by atoms with Crippen LogP contribution in [0.1, 0.15) is 18.1 Å². The zero-order valence-corrected chi connectivity index (χ0v) is 7.83. The maximum absolute atomic E-state index is 9.66. The maximum Gasteiger partial charge on any atom is 0.197 e. The Morgan fingerprint density at radius 2 is 1.85 bits per heavy atom. The summed E-state index contributed by atoms with van der Waals surface area (Å²) in [5, 5.41) is 19.3. The highest BCUT2D eigenvalue weighted by Gasteiger charge is 2.21. The first-order chi connectivity index (χ1) is 6.11. The summed E-state index contributed by atoms with van der Waals surface area (Å²) in [7, 11) is 1.66. The van der Waals surface area contributed by atoms with E-state index >= 15 is 0 Å². The van der Waals surface area contributed by atoms with Gasteiger partial charge in [0.25, 0.3) is 0 Å². The van der Waals surface area contributed by atoms with E-state index in [9.17, 15) is 10.2 Å². The van der Waals surface area contributed by atoms with E-state index in [2.05, 4.69) is 6.08 Å². The van der Waals surface area contributed by atoms with Crippen LogP contribution in [0.4, 0.5) is 0 Å². The van der Waals surface area contributed by atoms with Crippen molar-refractivity contribution in [3.63, 3.8) is 0 Å². The van der Waals surface area contributed by atoms with Crippen LogP contribution < -0.4 is 0 Å². The molecule has 0 saturated carbocycles. The predicted octanol–water partition coefficient (Wildman–Crippen LogP) is 1.48. The summed E-state index contributed by atoms with van der Waals surface area (Å²) < 4.78 is 1.43. The molecule has 13 heavy (non-hydrogen) atoms. The maximum atomic E-state index is 9.66. The first-order valence-electron chi connectivity index (χ1n) is 4.35. The smallest absolute Gasteiger partial charge is 0.197 e. The van der Waals surface area contributed by atoms with Gasteiger partial charge in [0.2, 0.25) is 0 Å². The topological polar surface area (TPSA) is 45.4 Å². The van der Waals surface area contributed by atoms with E-state index in [4.69, 9.17) is 0 Å². The van der Waals surface area contributed by atoms with Crippen molar-refractivity contribution in [2.45, 2.75) is 19.8 Å². The molecule has 3 nitrogen and oxygen atoms in total. The van der Waals surface area contributed by atoms with Gasteiger partial charge in [-0.05, 0) is 19.8 Å². The minimum atomic E-state index is 0.191. The fourth-order valence-corrected chi connectivity index (χ4v) is 1.80. The molecule has 0 atom stereocenters. The van der Waals surface area contributed by atoms with Crippen LogP contribution in [0.3, 0.4) is 0 Å². The summed E-state index contributed by atoms with van der Waals surface area (Å²) in [5.41, 5.74) is 2.99. The molecular formula is C10H13NO2. The number of hydrogen-bond donors (Lipinski definition) is 2. The Balaban J connectivity index is 2.58. The number of fused-ring (bicyclic) bond motifs is 1. The summed E-state index contributed by atoms with van der Waals surface area (Å²) in [6.45, 7) is 2.03. The summed E-state index contributed by atoms with van der Waals surface area (Å²) in [5.74, 6) is 0.385. The van der Waals surface area contributed by atoms with Gasteiger partial charge in [-0.2, -0.15) is 0 Å². The van der Waals surface area contributed by atoms with E-state index in [1.165, 1.54) is 10.1 Å². The lowest BCUT2D eigenvalue weighted by atomic mass is 9.96. The standard InChI is InChI=1S/C10H13NO2/c1-6-3-4-7-8(5-6)10(13)11(2)9(7)12/h3,12-13H,4-5H2,1-2H3. The van der Waals surface area contributed by atoms with Crippen LogP contribution in [0, 0.1) is 0 Å². The van der Waals surface area contributed by atoms with E-state index in [0.717, 1.165) is 24.0 Å². The quantitative estimate of drug-likeness (QED) is 0.592. The Hall–Kier alpha value is -1.38. The molecule has 1 aliphatic rings. The highest BCUT2D eigenvalue weighted by atomic mass is 16.3. The molecule has 3 heteroatoms. The van der Waals surface area contributed by atoms with Gasteiger partial charge in [0, 0.05) is 18.2 Å². The van der Waals surface area contributed by atoms with Crippen molar-refractivity contribution in [3.8, 4) is 11.8 Å². The molecule has 0 saturated heterocycles. The van der Waals surface area contributed by atoms with Crippen molar-refractivity contribution in [1.29, 1.82) is 0 Å². The fourth-order valence-electron chi connectivity index (χ4n) is 1.80. The van der Waals surface area contributed by atoms with E-state index in [1.54, 1.807) is 7.05 Å². The molecule has 1 aromatic heterocycles. The lowest BCUT2D eigenvalue weighted by Crippen LogP contribution is -1.97. The molecule has 1 heterocycles. The number of aromatic hydroxyl groups is 2. The third kappa shape index (κ3) is 1.03. The molecule has 1 aliphatic carbocycles. The molecule has 0 spiro atoms. The van der Waals surface area contributed by atoms with Gasteiger partial charge in [0.05, 0.1) is 0 Å². The molecular weight excluding hydrogens is 166 g/mol. The van der Waals surface area contributed by atoms with Crippen molar-refractivity contribution in [2.24, 2.45) is 7.05 Å². The van der Waals surface area contributed by atoms with Crippen LogP contribution >= 0.6 is 0 Å². The van der Waals surface area contributed by atoms with Gasteiger partial charge < -0.3 is 10.2 Å². The second-order valence-electron chi connectivity index (χ2n) is 3.59. The number of aromatic nitrogens is 1. The summed E-state index contributed by atoms with van der Waals surface area (Å²) in [6.07, 6.45) is 3.55. The van der Waals surface area contributed by atoms with Crippen molar-refractivity contribution < 1.29 is 10.2 Å². The molecule has 0 radical (unpaired) electrons. The van der Waals surface area contributed by atoms with E-state index < -0.39 is 0 Å². The minimum absolute atomic E-state index is 0.191. The molecule has 0 bridgehead atoms. The van der Waals surface area contributed by atoms with Crippen LogP contribution in [0.2, 0.25) is 0 Å². The molecule has 0 amide bonds. The first kappa shape index (κ1) is 8.23. The van der Waals surface area contributed by atoms with Gasteiger partial charge >= 0.3 is 0 Å². The fraction of sp³-hybridized carbons (Fsp3) is 0.400. The summed E-state index contributed by atoms with van der Waals surface area (Å²) in [4.78, 5) is 0. The minimum Gasteiger partial charge on any atom is -0.494 e. The number of allylic oxidation sites excluding steroid dienone is 2. The Morgan fingerprint density at radius 3 is 2.54 bits per heavy atom. The van der Waals surface area contributed by atoms with Gasteiger partial charge in [-0.25, -0.2) is 0 Å². The third-order valence-corrected chi connectivity index (χ3v) is 2.65. The lowest BCUT2D eigenvalue weighted by Gasteiger charge is -2.09. The highest BCUT2D eigenvalue weighted by molar-refractivity contribution is 5.50. The summed E-state index contributed by atoms with van der Waals surface area (Å²) in [6, 6.07) is 0. The Labute approximate surface area is 76.9 Å². The zero-order valence-electron chi connectivity index (χ0n) is 7.83. The molecule has 2 N–H and O–H groups in total. The molecule has 0 aromatic carbocycles. The van der Waals surface area contributed by atoms with Crippen LogP contribution in [0.15, 0.2) is 11.6 Å². The van der Waals surface area contributed by atoms with E-state index in [-0.39, 0.29) is 11.8 Å². The van der Waals surface area contributed by atoms with Crippen molar-refractivity contribution in [3.05, 3.63) is 22.8 Å². The van der Waals surface area contributed by atoms with Gasteiger partial charge in [-0.3, -0.25) is 4.57 Å². The normalized spacial score (nSPS) is 15.4. The number of rotatable bonds is 0. The van der Waals surface area contributed by atoms with Crippen molar-refractivity contribution in [1.82, 2.24) is 4.57 Å². The molecule has 1 aromatic rings. The number of nitrogens with zero attached hydrogens (tertiary/aromatic N) is 1. The van der Waals surface area contributed by atoms with Crippen LogP contribution in [0.25, 0.3) is 0 Å². The highest BCUT2D eigenvalue weighted by Crippen LogP contribution is 2.37. The average molecular weight is 179 g/mol. The van der Waals surface area contributed by atoms with Crippen LogP contribution in [-0.4, -0.2) is 14.8 Å². The Morgan fingerprint density at radius 1 is 1.23 bits per heavy atom. The first-order valence-corrected chi connectivity index (χ1v) is 4.35.